The molecule has 0 N–H and O–H groups in total. The number of hydrogen-bond acceptors (Lipinski definition) is 13. The summed E-state index contributed by atoms with van der Waals surface area (Å²) in [7, 11) is 2.60. The van der Waals surface area contributed by atoms with Gasteiger partial charge in [0, 0.05) is 12.3 Å². The first-order valence-corrected chi connectivity index (χ1v) is 16.1. The summed E-state index contributed by atoms with van der Waals surface area (Å²) >= 11 is 4.50. The molecular formula is C32H27BrN4O11S. The lowest BCUT2D eigenvalue weighted by atomic mass is 9.97. The molecule has 254 valence electrons. The van der Waals surface area contributed by atoms with E-state index in [1.54, 1.807) is 36.4 Å². The van der Waals surface area contributed by atoms with E-state index in [-0.39, 0.29) is 27.4 Å². The van der Waals surface area contributed by atoms with Gasteiger partial charge in [-0.2, -0.15) is 0 Å². The number of non-ortho nitro benzene ring substituents is 1. The molecule has 4 aromatic rings. The summed E-state index contributed by atoms with van der Waals surface area (Å²) in [5, 5.41) is 22.8. The van der Waals surface area contributed by atoms with Gasteiger partial charge in [-0.1, -0.05) is 17.4 Å². The third kappa shape index (κ3) is 7.02. The Kier molecular flexibility index (Phi) is 10.4. The molecule has 0 bridgehead atoms. The van der Waals surface area contributed by atoms with E-state index in [9.17, 15) is 29.8 Å². The van der Waals surface area contributed by atoms with Crippen LogP contribution in [-0.4, -0.2) is 47.8 Å². The number of carbonyl (C=O) groups is 1. The molecule has 49 heavy (non-hydrogen) atoms. The molecule has 0 spiro atoms. The lowest BCUT2D eigenvalue weighted by Crippen LogP contribution is -2.39. The Labute approximate surface area is 289 Å². The summed E-state index contributed by atoms with van der Waals surface area (Å²) in [5.41, 5.74) is -0.332. The Morgan fingerprint density at radius 3 is 2.35 bits per heavy atom. The van der Waals surface area contributed by atoms with Crippen LogP contribution in [0.4, 0.5) is 11.4 Å². The van der Waals surface area contributed by atoms with E-state index in [2.05, 4.69) is 20.9 Å². The van der Waals surface area contributed by atoms with Crippen molar-refractivity contribution in [2.24, 2.45) is 4.99 Å². The second-order valence-corrected chi connectivity index (χ2v) is 11.9. The van der Waals surface area contributed by atoms with E-state index in [1.165, 1.54) is 25.0 Å². The minimum absolute atomic E-state index is 0.0568. The van der Waals surface area contributed by atoms with Gasteiger partial charge in [-0.3, -0.25) is 29.6 Å². The van der Waals surface area contributed by atoms with Gasteiger partial charge < -0.3 is 23.7 Å². The maximum absolute atomic E-state index is 14.0. The molecular weight excluding hydrogens is 728 g/mol. The van der Waals surface area contributed by atoms with Crippen molar-refractivity contribution in [1.29, 1.82) is 0 Å². The van der Waals surface area contributed by atoms with Gasteiger partial charge in [-0.15, -0.1) is 0 Å². The van der Waals surface area contributed by atoms with Crippen LogP contribution >= 0.6 is 27.3 Å². The maximum atomic E-state index is 14.0. The van der Waals surface area contributed by atoms with E-state index in [0.717, 1.165) is 29.5 Å². The van der Waals surface area contributed by atoms with Crippen molar-refractivity contribution in [2.75, 3.05) is 27.4 Å². The fraction of sp³-hybridized carbons (Fsp3) is 0.219. The third-order valence-corrected chi connectivity index (χ3v) is 8.71. The SMILES string of the molecule is CCOc1ccc([C@H]2C(C(=O)OC)=CN=c3s/c(=C\c4cc(Br)c(Oc5ccc([N+](=O)[O-])cc5[N+](=O)[O-])c(OC)c4)c(=O)n32)cc1OCC. The summed E-state index contributed by atoms with van der Waals surface area (Å²) < 4.78 is 29.8. The Hall–Kier alpha value is -5.55. The highest BCUT2D eigenvalue weighted by Crippen LogP contribution is 2.43. The second kappa shape index (κ2) is 14.7. The molecule has 17 heteroatoms. The highest BCUT2D eigenvalue weighted by Gasteiger charge is 2.32. The fourth-order valence-electron chi connectivity index (χ4n) is 5.02. The largest absolute Gasteiger partial charge is 0.493 e. The number of nitrogens with zero attached hydrogens (tertiary/aromatic N) is 4. The first kappa shape index (κ1) is 34.8. The first-order valence-electron chi connectivity index (χ1n) is 14.5. The Morgan fingerprint density at radius 1 is 0.980 bits per heavy atom. The number of aromatic nitrogens is 1. The van der Waals surface area contributed by atoms with Gasteiger partial charge in [0.25, 0.3) is 11.2 Å². The summed E-state index contributed by atoms with van der Waals surface area (Å²) in [5.74, 6) is 0.250. The topological polar surface area (TPSA) is 184 Å². The van der Waals surface area contributed by atoms with E-state index < -0.39 is 38.8 Å². The zero-order chi connectivity index (χ0) is 35.4. The number of hydrogen-bond donors (Lipinski definition) is 0. The number of carbonyl (C=O) groups excluding carboxylic acids is 1. The number of nitro groups is 2. The van der Waals surface area contributed by atoms with Crippen molar-refractivity contribution in [1.82, 2.24) is 4.57 Å². The molecule has 3 aromatic carbocycles. The van der Waals surface area contributed by atoms with Crippen LogP contribution in [0.5, 0.6) is 28.7 Å². The van der Waals surface area contributed by atoms with Crippen molar-refractivity contribution >= 4 is 50.7 Å². The predicted molar refractivity (Wildman–Crippen MR) is 180 cm³/mol. The number of rotatable bonds is 12. The average Bonchev–Trinajstić information content (AvgIpc) is 3.40. The van der Waals surface area contributed by atoms with Crippen LogP contribution in [0.25, 0.3) is 6.08 Å². The molecule has 1 aromatic heterocycles. The van der Waals surface area contributed by atoms with E-state index in [1.807, 2.05) is 13.8 Å². The standard InChI is InChI=1S/C32H27BrN4O11S/c1-5-46-24-9-7-18(14-25(24)47-6-2)28-20(31(39)45-4)16-34-32-35(28)30(38)27(49-32)13-17-11-21(33)29(26(12-17)44-3)48-23-10-8-19(36(40)41)15-22(23)37(42)43/h7-16,28H,5-6H2,1-4H3/b27-13-/t28-/m0/s1. The van der Waals surface area contributed by atoms with E-state index in [4.69, 9.17) is 23.7 Å². The number of nitro benzene ring substituents is 2. The zero-order valence-electron chi connectivity index (χ0n) is 26.3. The summed E-state index contributed by atoms with van der Waals surface area (Å²) in [6.45, 7) is 4.45. The van der Waals surface area contributed by atoms with Crippen LogP contribution in [0.3, 0.4) is 0 Å². The van der Waals surface area contributed by atoms with Crippen LogP contribution in [0.2, 0.25) is 0 Å². The number of esters is 1. The molecule has 0 saturated carbocycles. The Balaban J connectivity index is 1.59. The fourth-order valence-corrected chi connectivity index (χ4v) is 6.53. The number of fused-ring (bicyclic) bond motifs is 1. The van der Waals surface area contributed by atoms with E-state index in [0.29, 0.717) is 45.1 Å². The third-order valence-electron chi connectivity index (χ3n) is 7.12. The van der Waals surface area contributed by atoms with Crippen molar-refractivity contribution < 1.29 is 38.3 Å². The van der Waals surface area contributed by atoms with Crippen molar-refractivity contribution in [3.63, 3.8) is 0 Å². The Bertz CT molecular complexity index is 2200. The smallest absolute Gasteiger partial charge is 0.337 e. The van der Waals surface area contributed by atoms with Crippen LogP contribution in [0, 0.1) is 20.2 Å². The number of thiazole rings is 1. The first-order chi connectivity index (χ1) is 23.5. The van der Waals surface area contributed by atoms with Crippen LogP contribution in [-0.2, 0) is 9.53 Å². The van der Waals surface area contributed by atoms with Crippen LogP contribution in [0.15, 0.2) is 74.6 Å². The summed E-state index contributed by atoms with van der Waals surface area (Å²) in [4.78, 5) is 52.9. The average molecular weight is 756 g/mol. The molecule has 0 aliphatic carbocycles. The van der Waals surface area contributed by atoms with Gasteiger partial charge in [0.15, 0.2) is 27.8 Å². The van der Waals surface area contributed by atoms with Crippen molar-refractivity contribution in [3.8, 4) is 28.7 Å². The molecule has 1 atom stereocenters. The lowest BCUT2D eigenvalue weighted by molar-refractivity contribution is -0.394. The van der Waals surface area contributed by atoms with Gasteiger partial charge in [0.2, 0.25) is 5.75 Å². The zero-order valence-corrected chi connectivity index (χ0v) is 28.7. The number of ether oxygens (including phenoxy) is 5. The second-order valence-electron chi connectivity index (χ2n) is 10.1. The molecule has 2 heterocycles. The molecule has 0 radical (unpaired) electrons. The predicted octanol–water partition coefficient (Wildman–Crippen LogP) is 5.20. The van der Waals surface area contributed by atoms with Gasteiger partial charge in [0.1, 0.15) is 0 Å². The van der Waals surface area contributed by atoms with Gasteiger partial charge in [-0.25, -0.2) is 9.79 Å². The molecule has 5 rings (SSSR count). The molecule has 0 amide bonds. The van der Waals surface area contributed by atoms with Crippen LogP contribution in [0.1, 0.15) is 31.0 Å². The quantitative estimate of drug-likeness (QED) is 0.105. The Morgan fingerprint density at radius 2 is 1.69 bits per heavy atom. The van der Waals surface area contributed by atoms with Gasteiger partial charge in [0.05, 0.1) is 64.0 Å². The summed E-state index contributed by atoms with van der Waals surface area (Å²) in [6, 6.07) is 10.4. The summed E-state index contributed by atoms with van der Waals surface area (Å²) in [6.07, 6.45) is 2.98. The minimum Gasteiger partial charge on any atom is -0.493 e. The monoisotopic (exact) mass is 754 g/mol. The normalized spacial score (nSPS) is 13.9. The molecule has 0 unspecified atom stereocenters. The van der Waals surface area contributed by atoms with Crippen LogP contribution < -0.4 is 33.8 Å². The molecule has 1 aliphatic heterocycles. The molecule has 15 nitrogen and oxygen atoms in total. The minimum atomic E-state index is -0.893. The molecule has 0 saturated heterocycles. The van der Waals surface area contributed by atoms with Crippen molar-refractivity contribution in [3.05, 3.63) is 116 Å². The van der Waals surface area contributed by atoms with Crippen molar-refractivity contribution in [2.45, 2.75) is 19.9 Å². The van der Waals surface area contributed by atoms with Gasteiger partial charge >= 0.3 is 11.7 Å². The van der Waals surface area contributed by atoms with E-state index >= 15 is 0 Å². The maximum Gasteiger partial charge on any atom is 0.337 e. The highest BCUT2D eigenvalue weighted by atomic mass is 79.9. The molecule has 0 fully saturated rings. The highest BCUT2D eigenvalue weighted by molar-refractivity contribution is 9.10. The number of methoxy groups -OCH3 is 2. The lowest BCUT2D eigenvalue weighted by Gasteiger charge is -2.23. The molecule has 1 aliphatic rings. The number of halogens is 1. The number of benzene rings is 3. The van der Waals surface area contributed by atoms with Gasteiger partial charge in [-0.05, 0) is 77.3 Å².